The van der Waals surface area contributed by atoms with E-state index in [0.29, 0.717) is 0 Å². The van der Waals surface area contributed by atoms with Crippen LogP contribution in [0.3, 0.4) is 0 Å². The molecule has 5 aromatic carbocycles. The molecule has 2 aliphatic heterocycles. The summed E-state index contributed by atoms with van der Waals surface area (Å²) in [4.78, 5) is 5.54. The van der Waals surface area contributed by atoms with E-state index < -0.39 is 0 Å². The fraction of sp³-hybridized carbons (Fsp3) is 0.515. The Hall–Kier alpha value is -4.28. The maximum atomic E-state index is 2.79. The monoisotopic (exact) mass is 947 g/mol. The van der Waals surface area contributed by atoms with E-state index in [0.717, 1.165) is 6.42 Å². The first-order chi connectivity index (χ1) is 32.3. The predicted molar refractivity (Wildman–Crippen MR) is 308 cm³/mol. The van der Waals surface area contributed by atoms with Crippen molar-refractivity contribution in [3.63, 3.8) is 0 Å². The van der Waals surface area contributed by atoms with Gasteiger partial charge in [0.2, 0.25) is 0 Å². The van der Waals surface area contributed by atoms with E-state index in [1.807, 2.05) is 0 Å². The van der Waals surface area contributed by atoms with Crippen LogP contribution < -0.4 is 26.2 Å². The maximum Gasteiger partial charge on any atom is 0.254 e. The molecule has 2 nitrogen and oxygen atoms in total. The molecule has 0 unspecified atom stereocenters. The molecule has 0 fully saturated rings. The van der Waals surface area contributed by atoms with Crippen LogP contribution in [0.4, 0.5) is 33.4 Å². The minimum absolute atomic E-state index is 0.0470. The van der Waals surface area contributed by atoms with E-state index in [-0.39, 0.29) is 50.0 Å². The molecule has 0 N–H and O–H groups in total. The lowest BCUT2D eigenvalue weighted by atomic mass is 9.33. The van der Waals surface area contributed by atoms with Gasteiger partial charge in [0, 0.05) is 33.1 Å². The molecule has 4 heteroatoms. The molecule has 0 spiro atoms. The first-order valence-electron chi connectivity index (χ1n) is 27.1. The van der Waals surface area contributed by atoms with Crippen LogP contribution in [-0.2, 0) is 44.3 Å². The third kappa shape index (κ3) is 7.19. The van der Waals surface area contributed by atoms with Crippen molar-refractivity contribution in [2.45, 2.75) is 214 Å². The van der Waals surface area contributed by atoms with E-state index in [9.17, 15) is 0 Å². The summed E-state index contributed by atoms with van der Waals surface area (Å²) < 4.78 is 1.43. The van der Waals surface area contributed by atoms with Gasteiger partial charge in [0.15, 0.2) is 0 Å². The van der Waals surface area contributed by atoms with Crippen LogP contribution in [0.5, 0.6) is 0 Å². The summed E-state index contributed by atoms with van der Waals surface area (Å²) >= 11 is 2.06. The second-order valence-electron chi connectivity index (χ2n) is 29.3. The Kier molecular flexibility index (Phi) is 10.2. The number of hydrogen-bond acceptors (Lipinski definition) is 3. The predicted octanol–water partition coefficient (Wildman–Crippen LogP) is 17.2. The number of anilines is 6. The average Bonchev–Trinajstić information content (AvgIpc) is 3.63. The van der Waals surface area contributed by atoms with Crippen LogP contribution in [0.25, 0.3) is 10.1 Å². The number of benzene rings is 5. The second kappa shape index (κ2) is 14.9. The van der Waals surface area contributed by atoms with Gasteiger partial charge >= 0.3 is 0 Å². The third-order valence-electron chi connectivity index (χ3n) is 18.9. The average molecular weight is 947 g/mol. The van der Waals surface area contributed by atoms with Crippen LogP contribution in [0.15, 0.2) is 72.8 Å². The Balaban J connectivity index is 1.32. The summed E-state index contributed by atoms with van der Waals surface area (Å²) in [7, 11) is 0. The molecule has 0 bridgehead atoms. The molecule has 0 saturated heterocycles. The summed E-state index contributed by atoms with van der Waals surface area (Å²) in [6.45, 7) is 46.8. The molecule has 11 rings (SSSR count). The first kappa shape index (κ1) is 48.0. The summed E-state index contributed by atoms with van der Waals surface area (Å²) in [5, 5.41) is 2.86. The van der Waals surface area contributed by atoms with E-state index in [2.05, 4.69) is 225 Å². The summed E-state index contributed by atoms with van der Waals surface area (Å²) in [6.07, 6.45) is 8.17. The van der Waals surface area contributed by atoms with Crippen LogP contribution >= 0.6 is 11.3 Å². The minimum atomic E-state index is 0.0470. The van der Waals surface area contributed by atoms with Gasteiger partial charge in [0.1, 0.15) is 0 Å². The zero-order chi connectivity index (χ0) is 50.4. The molecule has 3 aliphatic carbocycles. The highest BCUT2D eigenvalue weighted by atomic mass is 32.1. The topological polar surface area (TPSA) is 6.48 Å². The van der Waals surface area contributed by atoms with Crippen molar-refractivity contribution in [3.05, 3.63) is 123 Å². The van der Waals surface area contributed by atoms with Crippen molar-refractivity contribution in [2.24, 2.45) is 5.41 Å². The van der Waals surface area contributed by atoms with Crippen molar-refractivity contribution in [1.82, 2.24) is 0 Å². The van der Waals surface area contributed by atoms with Crippen LogP contribution in [0.2, 0.25) is 0 Å². The van der Waals surface area contributed by atoms with E-state index in [1.54, 1.807) is 16.7 Å². The molecule has 5 aliphatic rings. The van der Waals surface area contributed by atoms with Crippen molar-refractivity contribution in [1.29, 1.82) is 0 Å². The summed E-state index contributed by atoms with van der Waals surface area (Å²) in [5.41, 5.74) is 25.2. The van der Waals surface area contributed by atoms with Gasteiger partial charge in [-0.1, -0.05) is 155 Å². The van der Waals surface area contributed by atoms with Gasteiger partial charge in [-0.15, -0.1) is 11.3 Å². The van der Waals surface area contributed by atoms with Crippen LogP contribution in [0.1, 0.15) is 213 Å². The van der Waals surface area contributed by atoms with Crippen LogP contribution in [0, 0.1) is 12.3 Å². The number of hydrogen-bond donors (Lipinski definition) is 0. The van der Waals surface area contributed by atoms with E-state index >= 15 is 0 Å². The molecule has 3 heterocycles. The highest BCUT2D eigenvalue weighted by molar-refractivity contribution is 7.26. The minimum Gasteiger partial charge on any atom is -0.311 e. The summed E-state index contributed by atoms with van der Waals surface area (Å²) in [6, 6.07) is 31.0. The quantitative estimate of drug-likeness (QED) is 0.163. The van der Waals surface area contributed by atoms with Gasteiger partial charge in [-0.25, -0.2) is 0 Å². The molecule has 0 saturated carbocycles. The van der Waals surface area contributed by atoms with Crippen molar-refractivity contribution >= 4 is 78.0 Å². The number of rotatable bonds is 3. The first-order valence-corrected chi connectivity index (χ1v) is 28.0. The Bertz CT molecular complexity index is 3190. The summed E-state index contributed by atoms with van der Waals surface area (Å²) in [5.74, 6) is 0. The van der Waals surface area contributed by atoms with Gasteiger partial charge < -0.3 is 9.80 Å². The number of fused-ring (bicyclic) bond motifs is 9. The fourth-order valence-corrected chi connectivity index (χ4v) is 15.3. The lowest BCUT2D eigenvalue weighted by Gasteiger charge is -2.48. The highest BCUT2D eigenvalue weighted by Crippen LogP contribution is 2.56. The largest absolute Gasteiger partial charge is 0.311 e. The van der Waals surface area contributed by atoms with Gasteiger partial charge in [-0.3, -0.25) is 0 Å². The molecular formula is C66H83BN2S. The second-order valence-corrected chi connectivity index (χ2v) is 30.3. The molecule has 0 radical (unpaired) electrons. The Morgan fingerprint density at radius 1 is 0.500 bits per heavy atom. The Morgan fingerprint density at radius 3 is 1.57 bits per heavy atom. The van der Waals surface area contributed by atoms with E-state index in [1.165, 1.54) is 132 Å². The van der Waals surface area contributed by atoms with Crippen molar-refractivity contribution in [2.75, 3.05) is 9.80 Å². The molecule has 1 aromatic heterocycles. The molecule has 70 heavy (non-hydrogen) atoms. The zero-order valence-corrected chi connectivity index (χ0v) is 47.6. The normalized spacial score (nSPS) is 20.8. The standard InChI is InChI=1S/C66H83BN2S/c1-39-32-41(60(5,6)7)21-25-51(39)69-57-40(38-59(2,3)4)20-24-52-56(57)67(55-43-34-46-49(37-54(43)70-58(55)69)66(18,19)31-28-63(46,12)13)50-35-47-48(65(16,17)30-29-64(47,14)15)36-53(50)68(52)42-22-23-44-45(33-42)62(10,11)27-26-61(44,8)9/h20-25,32-37H,26-31,38H2,1-19H3. The van der Waals surface area contributed by atoms with E-state index in [4.69, 9.17) is 0 Å². The molecular weight excluding hydrogens is 864 g/mol. The Labute approximate surface area is 428 Å². The fourth-order valence-electron chi connectivity index (χ4n) is 14.0. The zero-order valence-electron chi connectivity index (χ0n) is 46.8. The highest BCUT2D eigenvalue weighted by Gasteiger charge is 2.50. The SMILES string of the molecule is Cc1cc(C(C)(C)C)ccc1N1c2sc3cc4c(cc3c2B2c3cc5c(cc3N(c3ccc6c(c3)C(C)(C)CCC6(C)C)c3ccc(CC(C)(C)C)c1c32)C(C)(C)CCC5(C)C)C(C)(C)CCC4(C)C. The number of aryl methyl sites for hydroxylation is 1. The number of thiophene rings is 1. The van der Waals surface area contributed by atoms with Crippen molar-refractivity contribution < 1.29 is 0 Å². The van der Waals surface area contributed by atoms with Gasteiger partial charge in [0.25, 0.3) is 6.71 Å². The van der Waals surface area contributed by atoms with Gasteiger partial charge in [0.05, 0.1) is 5.00 Å². The van der Waals surface area contributed by atoms with Gasteiger partial charge in [-0.05, 0) is 209 Å². The van der Waals surface area contributed by atoms with Crippen LogP contribution in [-0.4, -0.2) is 6.71 Å². The molecule has 366 valence electrons. The van der Waals surface area contributed by atoms with Gasteiger partial charge in [-0.2, -0.15) is 0 Å². The maximum absolute atomic E-state index is 2.79. The van der Waals surface area contributed by atoms with Crippen molar-refractivity contribution in [3.8, 4) is 0 Å². The number of nitrogens with zero attached hydrogens (tertiary/aromatic N) is 2. The smallest absolute Gasteiger partial charge is 0.254 e. The lowest BCUT2D eigenvalue weighted by Crippen LogP contribution is -2.61. The Morgan fingerprint density at radius 2 is 1.01 bits per heavy atom. The molecule has 6 aromatic rings. The lowest BCUT2D eigenvalue weighted by molar-refractivity contribution is 0.332. The molecule has 0 atom stereocenters. The molecule has 0 amide bonds. The third-order valence-corrected chi connectivity index (χ3v) is 20.0.